The first kappa shape index (κ1) is 25.6. The fourth-order valence-electron chi connectivity index (χ4n) is 5.49. The van der Waals surface area contributed by atoms with Gasteiger partial charge in [-0.1, -0.05) is 33.4 Å². The summed E-state index contributed by atoms with van der Waals surface area (Å²) in [7, 11) is 0. The molecule has 1 saturated carbocycles. The highest BCUT2D eigenvalue weighted by molar-refractivity contribution is 7.08. The van der Waals surface area contributed by atoms with Crippen LogP contribution < -0.4 is 10.6 Å². The van der Waals surface area contributed by atoms with E-state index < -0.39 is 0 Å². The third-order valence-electron chi connectivity index (χ3n) is 8.18. The van der Waals surface area contributed by atoms with E-state index >= 15 is 0 Å². The van der Waals surface area contributed by atoms with Crippen LogP contribution in [-0.2, 0) is 11.3 Å². The van der Waals surface area contributed by atoms with E-state index in [2.05, 4.69) is 72.0 Å². The van der Waals surface area contributed by atoms with Crippen molar-refractivity contribution < 1.29 is 9.59 Å². The van der Waals surface area contributed by atoms with Gasteiger partial charge < -0.3 is 14.8 Å². The van der Waals surface area contributed by atoms with Crippen LogP contribution in [0.4, 0.5) is 5.95 Å². The van der Waals surface area contributed by atoms with Crippen molar-refractivity contribution >= 4 is 40.3 Å². The average Bonchev–Trinajstić information content (AvgIpc) is 3.58. The molecule has 2 fully saturated rings. The molecular weight excluding hydrogens is 484 g/mol. The van der Waals surface area contributed by atoms with Gasteiger partial charge in [-0.15, -0.1) is 0 Å². The summed E-state index contributed by atoms with van der Waals surface area (Å²) in [5.41, 5.74) is 3.35. The van der Waals surface area contributed by atoms with Crippen molar-refractivity contribution in [1.29, 1.82) is 0 Å². The third-order valence-corrected chi connectivity index (χ3v) is 8.92. The van der Waals surface area contributed by atoms with Gasteiger partial charge in [-0.3, -0.25) is 14.9 Å². The van der Waals surface area contributed by atoms with Crippen LogP contribution in [0.3, 0.4) is 0 Å². The molecule has 8 nitrogen and oxygen atoms in total. The molecule has 2 N–H and O–H groups in total. The first-order valence-corrected chi connectivity index (χ1v) is 13.7. The number of aromatic nitrogens is 3. The monoisotopic (exact) mass is 520 g/mol. The Balaban J connectivity index is 1.40. The Morgan fingerprint density at radius 2 is 2.08 bits per heavy atom. The number of rotatable bonds is 7. The molecule has 1 aromatic carbocycles. The molecule has 3 heterocycles. The largest absolute Gasteiger partial charge is 0.339 e. The molecule has 2 aliphatic rings. The SMILES string of the molecule is C=CC(=O)N1CC[C@]2(C1)C[C@H](n1c(NC(=O)c3ccns3)nc3cc(CN[C@@H](C)C(C)(C)C)ccc31)C2. The Labute approximate surface area is 222 Å². The summed E-state index contributed by atoms with van der Waals surface area (Å²) < 4.78 is 6.25. The quantitative estimate of drug-likeness (QED) is 0.428. The Morgan fingerprint density at radius 1 is 1.30 bits per heavy atom. The van der Waals surface area contributed by atoms with E-state index in [0.29, 0.717) is 16.9 Å². The van der Waals surface area contributed by atoms with Crippen LogP contribution in [0.25, 0.3) is 11.0 Å². The molecule has 1 atom stereocenters. The van der Waals surface area contributed by atoms with Crippen molar-refractivity contribution in [3.05, 3.63) is 53.6 Å². The van der Waals surface area contributed by atoms with Gasteiger partial charge in [0.1, 0.15) is 4.88 Å². The van der Waals surface area contributed by atoms with Crippen LogP contribution in [0.5, 0.6) is 0 Å². The third kappa shape index (κ3) is 5.07. The highest BCUT2D eigenvalue weighted by atomic mass is 32.1. The predicted octanol–water partition coefficient (Wildman–Crippen LogP) is 5.01. The van der Waals surface area contributed by atoms with E-state index in [9.17, 15) is 9.59 Å². The molecule has 0 unspecified atom stereocenters. The first-order valence-electron chi connectivity index (χ1n) is 13.0. The maximum absolute atomic E-state index is 12.9. The molecule has 9 heteroatoms. The molecule has 1 aliphatic heterocycles. The van der Waals surface area contributed by atoms with Gasteiger partial charge in [0.2, 0.25) is 11.9 Å². The fourth-order valence-corrected chi connectivity index (χ4v) is 5.98. The van der Waals surface area contributed by atoms with E-state index in [-0.39, 0.29) is 28.7 Å². The lowest BCUT2D eigenvalue weighted by atomic mass is 9.64. The summed E-state index contributed by atoms with van der Waals surface area (Å²) in [6.07, 6.45) is 5.94. The van der Waals surface area contributed by atoms with Crippen LogP contribution in [0.1, 0.15) is 68.2 Å². The predicted molar refractivity (Wildman–Crippen MR) is 148 cm³/mol. The molecule has 3 aromatic rings. The summed E-state index contributed by atoms with van der Waals surface area (Å²) >= 11 is 1.17. The molecule has 37 heavy (non-hydrogen) atoms. The van der Waals surface area contributed by atoms with E-state index in [1.165, 1.54) is 17.6 Å². The summed E-state index contributed by atoms with van der Waals surface area (Å²) in [6.45, 7) is 14.8. The molecule has 2 amide bonds. The Morgan fingerprint density at radius 3 is 2.76 bits per heavy atom. The van der Waals surface area contributed by atoms with Crippen LogP contribution >= 0.6 is 11.5 Å². The molecular formula is C28H36N6O2S. The number of amides is 2. The number of nitrogens with one attached hydrogen (secondary N) is 2. The number of fused-ring (bicyclic) bond motifs is 1. The minimum absolute atomic E-state index is 0.00725. The van der Waals surface area contributed by atoms with E-state index in [4.69, 9.17) is 4.98 Å². The van der Waals surface area contributed by atoms with Gasteiger partial charge >= 0.3 is 0 Å². The summed E-state index contributed by atoms with van der Waals surface area (Å²) in [6, 6.07) is 8.67. The Kier molecular flexibility index (Phi) is 6.70. The molecule has 5 rings (SSSR count). The van der Waals surface area contributed by atoms with Crippen molar-refractivity contribution in [3.8, 4) is 0 Å². The zero-order valence-corrected chi connectivity index (χ0v) is 22.9. The van der Waals surface area contributed by atoms with Gasteiger partial charge in [-0.25, -0.2) is 9.36 Å². The van der Waals surface area contributed by atoms with Crippen LogP contribution in [0.15, 0.2) is 43.1 Å². The molecule has 2 aromatic heterocycles. The van der Waals surface area contributed by atoms with Gasteiger partial charge in [0.15, 0.2) is 0 Å². The van der Waals surface area contributed by atoms with Crippen LogP contribution in [-0.4, -0.2) is 49.8 Å². The topological polar surface area (TPSA) is 92.2 Å². The lowest BCUT2D eigenvalue weighted by molar-refractivity contribution is -0.125. The van der Waals surface area contributed by atoms with Crippen LogP contribution in [0, 0.1) is 10.8 Å². The van der Waals surface area contributed by atoms with E-state index in [1.54, 1.807) is 12.3 Å². The van der Waals surface area contributed by atoms with Crippen molar-refractivity contribution in [2.75, 3.05) is 18.4 Å². The molecule has 1 aliphatic carbocycles. The van der Waals surface area contributed by atoms with Crippen molar-refractivity contribution in [2.24, 2.45) is 10.8 Å². The first-order chi connectivity index (χ1) is 17.6. The smallest absolute Gasteiger partial charge is 0.269 e. The summed E-state index contributed by atoms with van der Waals surface area (Å²) in [5.74, 6) is 0.379. The number of anilines is 1. The van der Waals surface area contributed by atoms with Crippen LogP contribution in [0.2, 0.25) is 0 Å². The fraction of sp³-hybridized carbons (Fsp3) is 0.500. The maximum atomic E-state index is 12.9. The van der Waals surface area contributed by atoms with Crippen molar-refractivity contribution in [3.63, 3.8) is 0 Å². The van der Waals surface area contributed by atoms with Gasteiger partial charge in [-0.05, 0) is 78.4 Å². The number of carbonyl (C=O) groups is 2. The minimum atomic E-state index is -0.197. The lowest BCUT2D eigenvalue weighted by Crippen LogP contribution is -2.42. The summed E-state index contributed by atoms with van der Waals surface area (Å²) in [5, 5.41) is 6.67. The lowest BCUT2D eigenvalue weighted by Gasteiger charge is -2.46. The number of likely N-dealkylation sites (tertiary alicyclic amines) is 1. The molecule has 1 saturated heterocycles. The zero-order valence-electron chi connectivity index (χ0n) is 22.1. The van der Waals surface area contributed by atoms with Gasteiger partial charge in [0.25, 0.3) is 5.91 Å². The molecule has 196 valence electrons. The number of benzene rings is 1. The second-order valence-electron chi connectivity index (χ2n) is 11.7. The van der Waals surface area contributed by atoms with E-state index in [0.717, 1.165) is 55.5 Å². The number of nitrogens with zero attached hydrogens (tertiary/aromatic N) is 4. The number of hydrogen-bond acceptors (Lipinski definition) is 6. The zero-order chi connectivity index (χ0) is 26.4. The Bertz CT molecular complexity index is 1320. The number of hydrogen-bond donors (Lipinski definition) is 2. The second-order valence-corrected chi connectivity index (χ2v) is 12.5. The number of imidazole rings is 1. The average molecular weight is 521 g/mol. The number of carbonyl (C=O) groups excluding carboxylic acids is 2. The van der Waals surface area contributed by atoms with Gasteiger partial charge in [-0.2, -0.15) is 0 Å². The standard InChI is InChI=1S/C28H36N6O2S/c1-6-24(35)33-12-10-28(17-33)14-20(15-28)34-22-8-7-19(16-29-18(2)27(3,4)5)13-21(22)31-26(34)32-25(36)23-9-11-30-37-23/h6-9,11,13,18,20,29H,1,10,12,14-17H2,2-5H3,(H,31,32,36)/t18-,20-,28-/m0/s1. The molecule has 1 spiro atoms. The second kappa shape index (κ2) is 9.68. The van der Waals surface area contributed by atoms with Crippen molar-refractivity contribution in [2.45, 2.75) is 65.6 Å². The van der Waals surface area contributed by atoms with Crippen molar-refractivity contribution in [1.82, 2.24) is 24.1 Å². The normalized spacial score (nSPS) is 22.3. The maximum Gasteiger partial charge on any atom is 0.269 e. The summed E-state index contributed by atoms with van der Waals surface area (Å²) in [4.78, 5) is 32.4. The highest BCUT2D eigenvalue weighted by Crippen LogP contribution is 2.55. The molecule has 0 bridgehead atoms. The molecule has 0 radical (unpaired) electrons. The minimum Gasteiger partial charge on any atom is -0.339 e. The Hall–Kier alpha value is -3.04. The van der Waals surface area contributed by atoms with E-state index in [1.807, 2.05) is 4.90 Å². The van der Waals surface area contributed by atoms with Gasteiger partial charge in [0.05, 0.1) is 11.0 Å². The highest BCUT2D eigenvalue weighted by Gasteiger charge is 2.50. The van der Waals surface area contributed by atoms with Gasteiger partial charge in [0, 0.05) is 37.9 Å².